The molecule has 1 heterocycles. The number of rotatable bonds is 3. The van der Waals surface area contributed by atoms with Crippen molar-refractivity contribution in [1.82, 2.24) is 5.32 Å². The van der Waals surface area contributed by atoms with Gasteiger partial charge in [0.15, 0.2) is 0 Å². The molecule has 0 aromatic heterocycles. The number of hydrogen-bond acceptors (Lipinski definition) is 3. The van der Waals surface area contributed by atoms with Crippen LogP contribution in [0.3, 0.4) is 0 Å². The van der Waals surface area contributed by atoms with Crippen LogP contribution in [0.25, 0.3) is 0 Å². The molecule has 0 bridgehead atoms. The molecule has 0 aliphatic carbocycles. The maximum Gasteiger partial charge on any atom is 0.244 e. The number of benzene rings is 1. The summed E-state index contributed by atoms with van der Waals surface area (Å²) < 4.78 is 0. The molecule has 1 unspecified atom stereocenters. The van der Waals surface area contributed by atoms with Gasteiger partial charge < -0.3 is 10.2 Å². The first-order valence-electron chi connectivity index (χ1n) is 6.23. The lowest BCUT2D eigenvalue weighted by Crippen LogP contribution is -2.38. The van der Waals surface area contributed by atoms with Crippen LogP contribution in [-0.4, -0.2) is 25.0 Å². The van der Waals surface area contributed by atoms with Crippen molar-refractivity contribution in [1.29, 1.82) is 5.26 Å². The van der Waals surface area contributed by atoms with Crippen molar-refractivity contribution in [2.24, 2.45) is 0 Å². The molecule has 0 radical (unpaired) electrons. The van der Waals surface area contributed by atoms with E-state index >= 15 is 0 Å². The van der Waals surface area contributed by atoms with Gasteiger partial charge in [-0.1, -0.05) is 19.1 Å². The maximum absolute atomic E-state index is 12.2. The molecule has 4 nitrogen and oxygen atoms in total. The predicted molar refractivity (Wildman–Crippen MR) is 70.3 cm³/mol. The fraction of sp³-hybridized carbons (Fsp3) is 0.429. The third-order valence-electron chi connectivity index (χ3n) is 3.31. The van der Waals surface area contributed by atoms with Crippen LogP contribution in [0.5, 0.6) is 0 Å². The van der Waals surface area contributed by atoms with E-state index in [1.165, 1.54) is 0 Å². The molecule has 1 N–H and O–H groups in total. The van der Waals surface area contributed by atoms with Crippen molar-refractivity contribution in [2.75, 3.05) is 18.0 Å². The second-order valence-electron chi connectivity index (χ2n) is 4.47. The normalized spacial score (nSPS) is 19.1. The Hall–Kier alpha value is -1.86. The topological polar surface area (TPSA) is 56.1 Å². The van der Waals surface area contributed by atoms with Crippen LogP contribution in [0.4, 0.5) is 5.69 Å². The summed E-state index contributed by atoms with van der Waals surface area (Å²) >= 11 is 0. The molecular formula is C14H17N3O. The highest BCUT2D eigenvalue weighted by Crippen LogP contribution is 2.27. The Kier molecular flexibility index (Phi) is 3.63. The van der Waals surface area contributed by atoms with Gasteiger partial charge in [-0.25, -0.2) is 0 Å². The van der Waals surface area contributed by atoms with E-state index in [-0.39, 0.29) is 11.9 Å². The summed E-state index contributed by atoms with van der Waals surface area (Å²) in [6, 6.07) is 7.71. The monoisotopic (exact) mass is 243 g/mol. The number of amides is 1. The quantitative estimate of drug-likeness (QED) is 0.877. The molecule has 0 spiro atoms. The Morgan fingerprint density at radius 3 is 3.00 bits per heavy atom. The van der Waals surface area contributed by atoms with Crippen LogP contribution < -0.4 is 10.2 Å². The number of aryl methyl sites for hydroxylation is 1. The molecule has 1 amide bonds. The summed E-state index contributed by atoms with van der Waals surface area (Å²) in [5, 5.41) is 12.4. The summed E-state index contributed by atoms with van der Waals surface area (Å²) in [6.45, 7) is 5.34. The first-order valence-corrected chi connectivity index (χ1v) is 6.23. The Labute approximate surface area is 107 Å². The highest BCUT2D eigenvalue weighted by molar-refractivity contribution is 6.00. The van der Waals surface area contributed by atoms with Crippen LogP contribution >= 0.6 is 0 Å². The molecule has 1 fully saturated rings. The van der Waals surface area contributed by atoms with Crippen molar-refractivity contribution in [3.8, 4) is 6.07 Å². The zero-order valence-electron chi connectivity index (χ0n) is 10.7. The minimum Gasteiger partial charge on any atom is -0.310 e. The fourth-order valence-corrected chi connectivity index (χ4v) is 2.38. The van der Waals surface area contributed by atoms with Crippen molar-refractivity contribution in [2.45, 2.75) is 26.3 Å². The van der Waals surface area contributed by atoms with E-state index in [1.807, 2.05) is 32.0 Å². The molecule has 2 rings (SSSR count). The molecule has 1 saturated heterocycles. The largest absolute Gasteiger partial charge is 0.310 e. The molecule has 4 heteroatoms. The Morgan fingerprint density at radius 2 is 2.33 bits per heavy atom. The second-order valence-corrected chi connectivity index (χ2v) is 4.47. The van der Waals surface area contributed by atoms with E-state index in [1.54, 1.807) is 4.90 Å². The first-order chi connectivity index (χ1) is 8.69. The molecule has 1 aromatic rings. The van der Waals surface area contributed by atoms with Gasteiger partial charge in [0.05, 0.1) is 17.3 Å². The Balaban J connectivity index is 2.32. The summed E-state index contributed by atoms with van der Waals surface area (Å²) in [5.41, 5.74) is 2.25. The van der Waals surface area contributed by atoms with Gasteiger partial charge >= 0.3 is 0 Å². The van der Waals surface area contributed by atoms with Crippen molar-refractivity contribution < 1.29 is 4.79 Å². The average Bonchev–Trinajstić information content (AvgIpc) is 2.71. The van der Waals surface area contributed by atoms with Crippen LogP contribution in [0.1, 0.15) is 24.5 Å². The van der Waals surface area contributed by atoms with E-state index in [9.17, 15) is 10.1 Å². The van der Waals surface area contributed by atoms with E-state index in [2.05, 4.69) is 11.4 Å². The molecule has 94 valence electrons. The lowest BCUT2D eigenvalue weighted by atomic mass is 10.1. The van der Waals surface area contributed by atoms with Crippen LogP contribution in [0.2, 0.25) is 0 Å². The van der Waals surface area contributed by atoms with Crippen LogP contribution in [0, 0.1) is 18.3 Å². The minimum absolute atomic E-state index is 0.0685. The zero-order chi connectivity index (χ0) is 13.1. The highest BCUT2D eigenvalue weighted by atomic mass is 16.2. The maximum atomic E-state index is 12.2. The van der Waals surface area contributed by atoms with Gasteiger partial charge in [0.25, 0.3) is 0 Å². The van der Waals surface area contributed by atoms with E-state index in [0.717, 1.165) is 24.2 Å². The lowest BCUT2D eigenvalue weighted by molar-refractivity contribution is -0.118. The number of likely N-dealkylation sites (N-methyl/N-ethyl adjacent to an activating group) is 1. The smallest absolute Gasteiger partial charge is 0.244 e. The molecule has 18 heavy (non-hydrogen) atoms. The molecular weight excluding hydrogens is 226 g/mol. The molecule has 1 atom stereocenters. The highest BCUT2D eigenvalue weighted by Gasteiger charge is 2.33. The number of nitrogens with one attached hydrogen (secondary N) is 1. The van der Waals surface area contributed by atoms with Crippen LogP contribution in [-0.2, 0) is 4.79 Å². The number of nitrogens with zero attached hydrogens (tertiary/aromatic N) is 2. The average molecular weight is 243 g/mol. The van der Waals surface area contributed by atoms with E-state index in [4.69, 9.17) is 0 Å². The number of nitriles is 1. The predicted octanol–water partition coefficient (Wildman–Crippen LogP) is 1.58. The first kappa shape index (κ1) is 12.6. The summed E-state index contributed by atoms with van der Waals surface area (Å²) in [5.74, 6) is 0.0685. The zero-order valence-corrected chi connectivity index (χ0v) is 10.7. The van der Waals surface area contributed by atoms with E-state index < -0.39 is 0 Å². The van der Waals surface area contributed by atoms with Gasteiger partial charge in [0.2, 0.25) is 5.91 Å². The SMILES string of the molecule is CCNC1CCN(c2cccc(C)c2C#N)C1=O. The Bertz CT molecular complexity index is 504. The summed E-state index contributed by atoms with van der Waals surface area (Å²) in [6.07, 6.45) is 0.797. The molecule has 1 aromatic carbocycles. The number of hydrogen-bond donors (Lipinski definition) is 1. The second kappa shape index (κ2) is 5.19. The van der Waals surface area contributed by atoms with Crippen molar-refractivity contribution in [3.63, 3.8) is 0 Å². The van der Waals surface area contributed by atoms with Crippen LogP contribution in [0.15, 0.2) is 18.2 Å². The Morgan fingerprint density at radius 1 is 1.56 bits per heavy atom. The van der Waals surface area contributed by atoms with Crippen molar-refractivity contribution >= 4 is 11.6 Å². The third kappa shape index (κ3) is 2.09. The molecule has 1 aliphatic rings. The summed E-state index contributed by atoms with van der Waals surface area (Å²) in [7, 11) is 0. The van der Waals surface area contributed by atoms with Gasteiger partial charge in [-0.05, 0) is 31.5 Å². The minimum atomic E-state index is -0.109. The van der Waals surface area contributed by atoms with Gasteiger partial charge in [0.1, 0.15) is 6.07 Å². The third-order valence-corrected chi connectivity index (χ3v) is 3.31. The van der Waals surface area contributed by atoms with Gasteiger partial charge in [-0.15, -0.1) is 0 Å². The van der Waals surface area contributed by atoms with Crippen molar-refractivity contribution in [3.05, 3.63) is 29.3 Å². The van der Waals surface area contributed by atoms with Gasteiger partial charge in [-0.3, -0.25) is 4.79 Å². The molecule has 0 saturated carbocycles. The van der Waals surface area contributed by atoms with Gasteiger partial charge in [-0.2, -0.15) is 5.26 Å². The van der Waals surface area contributed by atoms with E-state index in [0.29, 0.717) is 12.1 Å². The van der Waals surface area contributed by atoms with Gasteiger partial charge in [0, 0.05) is 6.54 Å². The molecule has 1 aliphatic heterocycles. The fourth-order valence-electron chi connectivity index (χ4n) is 2.38. The number of carbonyl (C=O) groups excluding carboxylic acids is 1. The standard InChI is InChI=1S/C14H17N3O/c1-3-16-12-7-8-17(14(12)18)13-6-4-5-10(2)11(13)9-15/h4-6,12,16H,3,7-8H2,1-2H3. The number of anilines is 1. The lowest BCUT2D eigenvalue weighted by Gasteiger charge is -2.19. The number of carbonyl (C=O) groups is 1. The summed E-state index contributed by atoms with van der Waals surface area (Å²) in [4.78, 5) is 14.0.